The number of hydrogen-bond acceptors (Lipinski definition) is 0. The van der Waals surface area contributed by atoms with Crippen LogP contribution in [0.25, 0.3) is 0 Å². The van der Waals surface area contributed by atoms with E-state index in [9.17, 15) is 13.2 Å². The minimum atomic E-state index is -3.92. The van der Waals surface area contributed by atoms with Gasteiger partial charge in [-0.25, -0.2) is 0 Å². The SMILES string of the molecule is CC[Si]C(F)(F)F. The zero-order valence-electron chi connectivity index (χ0n) is 3.84. The summed E-state index contributed by atoms with van der Waals surface area (Å²) in [7, 11) is -0.876. The van der Waals surface area contributed by atoms with Gasteiger partial charge >= 0.3 is 5.80 Å². The molecule has 0 nitrogen and oxygen atoms in total. The van der Waals surface area contributed by atoms with Gasteiger partial charge in [0.15, 0.2) is 9.52 Å². The summed E-state index contributed by atoms with van der Waals surface area (Å²) in [6.07, 6.45) is 0. The van der Waals surface area contributed by atoms with E-state index in [0.29, 0.717) is 0 Å². The highest BCUT2D eigenvalue weighted by Crippen LogP contribution is 2.12. The van der Waals surface area contributed by atoms with E-state index in [1.54, 1.807) is 0 Å². The molecule has 7 heavy (non-hydrogen) atoms. The van der Waals surface area contributed by atoms with Gasteiger partial charge in [0.1, 0.15) is 0 Å². The fraction of sp³-hybridized carbons (Fsp3) is 1.00. The molecule has 0 bridgehead atoms. The fourth-order valence-corrected chi connectivity index (χ4v) is 0.601. The van der Waals surface area contributed by atoms with Crippen LogP contribution < -0.4 is 0 Å². The van der Waals surface area contributed by atoms with E-state index >= 15 is 0 Å². The third-order valence-electron chi connectivity index (χ3n) is 0.377. The first kappa shape index (κ1) is 7.01. The zero-order chi connectivity index (χ0) is 5.91. The first-order valence-corrected chi connectivity index (χ1v) is 3.08. The number of rotatable bonds is 1. The normalized spacial score (nSPS) is 12.0. The lowest BCUT2D eigenvalue weighted by Gasteiger charge is -1.98. The minimum Gasteiger partial charge on any atom is -0.178 e. The van der Waals surface area contributed by atoms with Crippen molar-refractivity contribution in [1.29, 1.82) is 0 Å². The van der Waals surface area contributed by atoms with Crippen molar-refractivity contribution < 1.29 is 13.2 Å². The molecule has 0 spiro atoms. The summed E-state index contributed by atoms with van der Waals surface area (Å²) >= 11 is 0. The molecule has 0 N–H and O–H groups in total. The molecule has 0 aromatic heterocycles. The molecular weight excluding hydrogens is 121 g/mol. The van der Waals surface area contributed by atoms with E-state index < -0.39 is 15.3 Å². The Balaban J connectivity index is 3.15. The molecular formula is C3H5F3Si. The summed E-state index contributed by atoms with van der Waals surface area (Å²) in [6.45, 7) is 1.52. The highest BCUT2D eigenvalue weighted by molar-refractivity contribution is 6.37. The van der Waals surface area contributed by atoms with Gasteiger partial charge in [0.25, 0.3) is 0 Å². The van der Waals surface area contributed by atoms with Crippen molar-refractivity contribution in [2.45, 2.75) is 18.8 Å². The summed E-state index contributed by atoms with van der Waals surface area (Å²) in [5.41, 5.74) is 0. The first-order chi connectivity index (χ1) is 3.06. The summed E-state index contributed by atoms with van der Waals surface area (Å²) in [6, 6.07) is 0.212. The molecule has 0 aromatic rings. The Labute approximate surface area is 42.5 Å². The Hall–Kier alpha value is 0.00688. The molecule has 4 heteroatoms. The molecule has 0 fully saturated rings. The maximum atomic E-state index is 11.1. The van der Waals surface area contributed by atoms with Crippen molar-refractivity contribution in [2.75, 3.05) is 0 Å². The Morgan fingerprint density at radius 1 is 1.43 bits per heavy atom. The van der Waals surface area contributed by atoms with Gasteiger partial charge in [-0.3, -0.25) is 0 Å². The van der Waals surface area contributed by atoms with Crippen molar-refractivity contribution in [3.8, 4) is 0 Å². The predicted molar refractivity (Wildman–Crippen MR) is 22.3 cm³/mol. The maximum Gasteiger partial charge on any atom is 0.357 e. The standard InChI is InChI=1S/C3H5F3Si/c1-2-7-3(4,5)6/h2H2,1H3. The quantitative estimate of drug-likeness (QED) is 0.468. The number of hydrogen-bond donors (Lipinski definition) is 0. The third kappa shape index (κ3) is 6.01. The van der Waals surface area contributed by atoms with E-state index in [4.69, 9.17) is 0 Å². The largest absolute Gasteiger partial charge is 0.357 e. The van der Waals surface area contributed by atoms with Crippen LogP contribution in [0.1, 0.15) is 6.92 Å². The van der Waals surface area contributed by atoms with Crippen molar-refractivity contribution >= 4 is 9.52 Å². The third-order valence-corrected chi connectivity index (χ3v) is 1.13. The Kier molecular flexibility index (Phi) is 2.35. The molecule has 0 saturated heterocycles. The molecule has 0 rings (SSSR count). The first-order valence-electron chi connectivity index (χ1n) is 1.88. The van der Waals surface area contributed by atoms with E-state index in [1.807, 2.05) is 0 Å². The lowest BCUT2D eigenvalue weighted by molar-refractivity contribution is -0.0470. The molecule has 0 aliphatic rings. The molecule has 2 radical (unpaired) electrons. The molecule has 0 amide bonds. The molecule has 0 saturated carbocycles. The second-order valence-electron chi connectivity index (χ2n) is 1.03. The van der Waals surface area contributed by atoms with Crippen LogP contribution in [0.15, 0.2) is 0 Å². The summed E-state index contributed by atoms with van der Waals surface area (Å²) < 4.78 is 33.2. The van der Waals surface area contributed by atoms with Crippen molar-refractivity contribution in [3.63, 3.8) is 0 Å². The van der Waals surface area contributed by atoms with Crippen LogP contribution in [0.2, 0.25) is 6.04 Å². The van der Waals surface area contributed by atoms with Crippen LogP contribution in [0.3, 0.4) is 0 Å². The average Bonchev–Trinajstić information content (AvgIpc) is 1.30. The van der Waals surface area contributed by atoms with E-state index in [-0.39, 0.29) is 6.04 Å². The van der Waals surface area contributed by atoms with Crippen LogP contribution in [0, 0.1) is 0 Å². The summed E-state index contributed by atoms with van der Waals surface area (Å²) in [5, 5.41) is 0. The minimum absolute atomic E-state index is 0.212. The van der Waals surface area contributed by atoms with Gasteiger partial charge in [-0.05, 0) is 0 Å². The number of alkyl halides is 3. The molecule has 42 valence electrons. The highest BCUT2D eigenvalue weighted by Gasteiger charge is 2.25. The lowest BCUT2D eigenvalue weighted by atomic mass is 11.0. The second kappa shape index (κ2) is 2.35. The van der Waals surface area contributed by atoms with Gasteiger partial charge < -0.3 is 0 Å². The van der Waals surface area contributed by atoms with Crippen LogP contribution in [-0.4, -0.2) is 15.3 Å². The summed E-state index contributed by atoms with van der Waals surface area (Å²) in [5.74, 6) is -3.92. The van der Waals surface area contributed by atoms with Crippen molar-refractivity contribution in [2.24, 2.45) is 0 Å². The van der Waals surface area contributed by atoms with Crippen LogP contribution in [-0.2, 0) is 0 Å². The van der Waals surface area contributed by atoms with E-state index in [0.717, 1.165) is 0 Å². The Morgan fingerprint density at radius 2 is 1.86 bits per heavy atom. The fourth-order valence-electron chi connectivity index (χ4n) is 0.200. The van der Waals surface area contributed by atoms with Gasteiger partial charge in [-0.15, -0.1) is 0 Å². The van der Waals surface area contributed by atoms with Crippen LogP contribution >= 0.6 is 0 Å². The summed E-state index contributed by atoms with van der Waals surface area (Å²) in [4.78, 5) is 0. The second-order valence-corrected chi connectivity index (χ2v) is 2.66. The lowest BCUT2D eigenvalue weighted by Crippen LogP contribution is -2.16. The highest BCUT2D eigenvalue weighted by atomic mass is 28.2. The maximum absolute atomic E-state index is 11.1. The van der Waals surface area contributed by atoms with E-state index in [2.05, 4.69) is 0 Å². The molecule has 0 aromatic carbocycles. The molecule has 0 atom stereocenters. The molecule has 0 aliphatic heterocycles. The van der Waals surface area contributed by atoms with Crippen molar-refractivity contribution in [1.82, 2.24) is 0 Å². The van der Waals surface area contributed by atoms with Crippen LogP contribution in [0.5, 0.6) is 0 Å². The average molecular weight is 126 g/mol. The predicted octanol–water partition coefficient (Wildman–Crippen LogP) is 1.65. The van der Waals surface area contributed by atoms with Gasteiger partial charge in [0.05, 0.1) is 0 Å². The van der Waals surface area contributed by atoms with Crippen molar-refractivity contribution in [3.05, 3.63) is 0 Å². The van der Waals surface area contributed by atoms with Gasteiger partial charge in [0.2, 0.25) is 0 Å². The van der Waals surface area contributed by atoms with E-state index in [1.165, 1.54) is 6.92 Å². The van der Waals surface area contributed by atoms with Gasteiger partial charge in [-0.2, -0.15) is 13.2 Å². The van der Waals surface area contributed by atoms with Crippen LogP contribution in [0.4, 0.5) is 13.2 Å². The molecule has 0 aliphatic carbocycles. The molecule has 0 unspecified atom stereocenters. The topological polar surface area (TPSA) is 0 Å². The van der Waals surface area contributed by atoms with Gasteiger partial charge in [-0.1, -0.05) is 13.0 Å². The Morgan fingerprint density at radius 3 is 1.86 bits per heavy atom. The molecule has 0 heterocycles. The zero-order valence-corrected chi connectivity index (χ0v) is 4.84. The smallest absolute Gasteiger partial charge is 0.178 e. The van der Waals surface area contributed by atoms with Gasteiger partial charge in [0, 0.05) is 0 Å². The monoisotopic (exact) mass is 126 g/mol. The number of halogens is 3. The Bertz CT molecular complexity index is 48.6.